The van der Waals surface area contributed by atoms with Gasteiger partial charge in [0.15, 0.2) is 11.5 Å². The molecule has 0 unspecified atom stereocenters. The van der Waals surface area contributed by atoms with Crippen LogP contribution in [0.1, 0.15) is 22.3 Å². The molecule has 0 saturated heterocycles. The zero-order valence-electron chi connectivity index (χ0n) is 17.6. The van der Waals surface area contributed by atoms with Crippen LogP contribution >= 0.6 is 11.6 Å². The van der Waals surface area contributed by atoms with Crippen molar-refractivity contribution in [3.63, 3.8) is 0 Å². The van der Waals surface area contributed by atoms with Crippen molar-refractivity contribution in [2.24, 2.45) is 0 Å². The molecule has 0 fully saturated rings. The van der Waals surface area contributed by atoms with Gasteiger partial charge in [0.1, 0.15) is 18.0 Å². The van der Waals surface area contributed by atoms with E-state index in [9.17, 15) is 9.59 Å². The van der Waals surface area contributed by atoms with Crippen LogP contribution in [0.25, 0.3) is 0 Å². The molecule has 8 nitrogen and oxygen atoms in total. The maximum absolute atomic E-state index is 13.3. The van der Waals surface area contributed by atoms with Crippen molar-refractivity contribution in [2.45, 2.75) is 13.0 Å². The average molecular weight is 450 g/mol. The van der Waals surface area contributed by atoms with Crippen LogP contribution < -0.4 is 18.9 Å². The molecule has 0 saturated carbocycles. The van der Waals surface area contributed by atoms with Gasteiger partial charge >= 0.3 is 5.97 Å². The van der Waals surface area contributed by atoms with Crippen molar-refractivity contribution >= 4 is 23.5 Å². The molecule has 0 N–H and O–H groups in total. The molecule has 3 rings (SSSR count). The van der Waals surface area contributed by atoms with Crippen molar-refractivity contribution < 1.29 is 33.3 Å². The van der Waals surface area contributed by atoms with E-state index in [1.54, 1.807) is 24.3 Å². The minimum Gasteiger partial charge on any atom is -0.497 e. The fraction of sp³-hybridized carbons (Fsp3) is 0.364. The molecular formula is C22H24ClNO7. The van der Waals surface area contributed by atoms with Crippen molar-refractivity contribution in [1.82, 2.24) is 4.90 Å². The Bertz CT molecular complexity index is 941. The third kappa shape index (κ3) is 5.52. The monoisotopic (exact) mass is 449 g/mol. The number of hydrogen-bond donors (Lipinski definition) is 0. The highest BCUT2D eigenvalue weighted by Crippen LogP contribution is 2.38. The molecule has 0 atom stereocenters. The number of carbonyl (C=O) groups excluding carboxylic acids is 2. The number of rotatable bonds is 7. The summed E-state index contributed by atoms with van der Waals surface area (Å²) in [5, 5.41) is 0.267. The standard InChI is InChI=1S/C22H24ClNO7/c1-27-16-7-14(8-17(11-16)28-2)12-24(13-20(25)29-3)22(26)15-9-18(23)21-19(10-15)30-5-4-6-31-21/h7-11H,4-6,12-13H2,1-3H3. The molecular weight excluding hydrogens is 426 g/mol. The van der Waals surface area contributed by atoms with Gasteiger partial charge in [-0.25, -0.2) is 0 Å². The molecule has 1 amide bonds. The largest absolute Gasteiger partial charge is 0.497 e. The number of amides is 1. The van der Waals surface area contributed by atoms with Crippen molar-refractivity contribution in [2.75, 3.05) is 41.1 Å². The zero-order chi connectivity index (χ0) is 22.4. The maximum atomic E-state index is 13.3. The number of esters is 1. The second-order valence-electron chi connectivity index (χ2n) is 6.79. The number of methoxy groups -OCH3 is 3. The Balaban J connectivity index is 1.94. The lowest BCUT2D eigenvalue weighted by Crippen LogP contribution is -2.35. The second kappa shape index (κ2) is 10.3. The van der Waals surface area contributed by atoms with Crippen LogP contribution in [0.4, 0.5) is 0 Å². The smallest absolute Gasteiger partial charge is 0.325 e. The fourth-order valence-electron chi connectivity index (χ4n) is 3.13. The number of carbonyl (C=O) groups is 2. The van der Waals surface area contributed by atoms with Gasteiger partial charge in [-0.05, 0) is 29.8 Å². The SMILES string of the molecule is COC(=O)CN(Cc1cc(OC)cc(OC)c1)C(=O)c1cc(Cl)c2c(c1)OCCCO2. The van der Waals surface area contributed by atoms with Crippen LogP contribution in [0.15, 0.2) is 30.3 Å². The molecule has 166 valence electrons. The molecule has 0 aromatic heterocycles. The van der Waals surface area contributed by atoms with Gasteiger partial charge in [0.05, 0.1) is 39.6 Å². The van der Waals surface area contributed by atoms with Gasteiger partial charge < -0.3 is 28.6 Å². The average Bonchev–Trinajstić information content (AvgIpc) is 3.03. The van der Waals surface area contributed by atoms with E-state index in [1.165, 1.54) is 32.3 Å². The Morgan fingerprint density at radius 2 is 1.68 bits per heavy atom. The molecule has 9 heteroatoms. The van der Waals surface area contributed by atoms with Gasteiger partial charge in [-0.15, -0.1) is 0 Å². The van der Waals surface area contributed by atoms with Crippen LogP contribution in [0.2, 0.25) is 5.02 Å². The molecule has 0 radical (unpaired) electrons. The van der Waals surface area contributed by atoms with Gasteiger partial charge in [0.25, 0.3) is 5.91 Å². The lowest BCUT2D eigenvalue weighted by Gasteiger charge is -2.23. The van der Waals surface area contributed by atoms with Gasteiger partial charge in [0.2, 0.25) is 0 Å². The molecule has 0 aliphatic carbocycles. The summed E-state index contributed by atoms with van der Waals surface area (Å²) in [4.78, 5) is 26.7. The van der Waals surface area contributed by atoms with E-state index in [-0.39, 0.29) is 23.7 Å². The fourth-order valence-corrected chi connectivity index (χ4v) is 3.40. The van der Waals surface area contributed by atoms with E-state index in [0.717, 1.165) is 0 Å². The highest BCUT2D eigenvalue weighted by atomic mass is 35.5. The predicted molar refractivity (Wildman–Crippen MR) is 113 cm³/mol. The van der Waals surface area contributed by atoms with Crippen molar-refractivity contribution in [3.8, 4) is 23.0 Å². The van der Waals surface area contributed by atoms with Gasteiger partial charge in [0, 0.05) is 24.6 Å². The van der Waals surface area contributed by atoms with E-state index in [2.05, 4.69) is 0 Å². The lowest BCUT2D eigenvalue weighted by atomic mass is 10.1. The Kier molecular flexibility index (Phi) is 7.46. The molecule has 2 aromatic carbocycles. The summed E-state index contributed by atoms with van der Waals surface area (Å²) >= 11 is 6.34. The quantitative estimate of drug-likeness (QED) is 0.599. The topological polar surface area (TPSA) is 83.5 Å². The number of fused-ring (bicyclic) bond motifs is 1. The summed E-state index contributed by atoms with van der Waals surface area (Å²) in [6.45, 7) is 0.803. The third-order valence-corrected chi connectivity index (χ3v) is 4.95. The molecule has 31 heavy (non-hydrogen) atoms. The first-order valence-corrected chi connectivity index (χ1v) is 10.00. The molecule has 0 spiro atoms. The predicted octanol–water partition coefficient (Wildman–Crippen LogP) is 3.33. The summed E-state index contributed by atoms with van der Waals surface area (Å²) < 4.78 is 26.7. The van der Waals surface area contributed by atoms with E-state index in [0.29, 0.717) is 48.2 Å². The first kappa shape index (κ1) is 22.6. The van der Waals surface area contributed by atoms with Crippen LogP contribution in [-0.4, -0.2) is 57.9 Å². The minimum atomic E-state index is -0.552. The normalized spacial score (nSPS) is 12.5. The summed E-state index contributed by atoms with van der Waals surface area (Å²) in [5.74, 6) is 0.979. The number of benzene rings is 2. The van der Waals surface area contributed by atoms with Crippen LogP contribution in [0.5, 0.6) is 23.0 Å². The minimum absolute atomic E-state index is 0.119. The molecule has 1 aliphatic rings. The van der Waals surface area contributed by atoms with E-state index < -0.39 is 11.9 Å². The van der Waals surface area contributed by atoms with Crippen LogP contribution in [0.3, 0.4) is 0 Å². The van der Waals surface area contributed by atoms with Gasteiger partial charge in [-0.1, -0.05) is 11.6 Å². The van der Waals surface area contributed by atoms with Crippen LogP contribution in [0, 0.1) is 0 Å². The Labute approximate surface area is 185 Å². The summed E-state index contributed by atoms with van der Waals surface area (Å²) in [6.07, 6.45) is 0.709. The van der Waals surface area contributed by atoms with Crippen LogP contribution in [-0.2, 0) is 16.1 Å². The Morgan fingerprint density at radius 3 is 2.32 bits per heavy atom. The molecule has 1 aliphatic heterocycles. The van der Waals surface area contributed by atoms with E-state index in [4.69, 9.17) is 35.3 Å². The van der Waals surface area contributed by atoms with Crippen molar-refractivity contribution in [1.29, 1.82) is 0 Å². The first-order chi connectivity index (χ1) is 14.9. The van der Waals surface area contributed by atoms with E-state index >= 15 is 0 Å². The Hall–Kier alpha value is -3.13. The number of hydrogen-bond acceptors (Lipinski definition) is 7. The number of ether oxygens (including phenoxy) is 5. The first-order valence-electron chi connectivity index (χ1n) is 9.62. The van der Waals surface area contributed by atoms with Crippen molar-refractivity contribution in [3.05, 3.63) is 46.5 Å². The van der Waals surface area contributed by atoms with E-state index in [1.807, 2.05) is 0 Å². The summed E-state index contributed by atoms with van der Waals surface area (Å²) in [7, 11) is 4.34. The van der Waals surface area contributed by atoms with Gasteiger partial charge in [-0.2, -0.15) is 0 Å². The number of halogens is 1. The number of nitrogens with zero attached hydrogens (tertiary/aromatic N) is 1. The highest BCUT2D eigenvalue weighted by molar-refractivity contribution is 6.32. The third-order valence-electron chi connectivity index (χ3n) is 4.67. The molecule has 1 heterocycles. The maximum Gasteiger partial charge on any atom is 0.325 e. The zero-order valence-corrected chi connectivity index (χ0v) is 18.4. The Morgan fingerprint density at radius 1 is 1.00 bits per heavy atom. The highest BCUT2D eigenvalue weighted by Gasteiger charge is 2.24. The van der Waals surface area contributed by atoms with Gasteiger partial charge in [-0.3, -0.25) is 9.59 Å². The summed E-state index contributed by atoms with van der Waals surface area (Å²) in [5.41, 5.74) is 0.988. The lowest BCUT2D eigenvalue weighted by molar-refractivity contribution is -0.141. The second-order valence-corrected chi connectivity index (χ2v) is 7.20. The summed E-state index contributed by atoms with van der Waals surface area (Å²) in [6, 6.07) is 8.33. The molecule has 0 bridgehead atoms. The molecule has 2 aromatic rings.